The molecule has 1 aromatic heterocycles. The Bertz CT molecular complexity index is 685. The molecule has 3 nitrogen and oxygen atoms in total. The molecule has 2 aromatic rings. The molecule has 1 atom stereocenters. The van der Waals surface area contributed by atoms with Crippen molar-refractivity contribution in [1.29, 1.82) is 0 Å². The van der Waals surface area contributed by atoms with E-state index in [-0.39, 0.29) is 0 Å². The van der Waals surface area contributed by atoms with Gasteiger partial charge in [-0.05, 0) is 31.0 Å². The van der Waals surface area contributed by atoms with Gasteiger partial charge >= 0.3 is 5.97 Å². The fourth-order valence-electron chi connectivity index (χ4n) is 2.74. The number of benzene rings is 1. The molecule has 1 aromatic carbocycles. The van der Waals surface area contributed by atoms with E-state index in [9.17, 15) is 9.90 Å². The van der Waals surface area contributed by atoms with Crippen LogP contribution >= 0.6 is 12.2 Å². The number of thiocarbonyl (C=S) groups is 1. The van der Waals surface area contributed by atoms with Crippen molar-refractivity contribution >= 4 is 23.1 Å². The third-order valence-electron chi connectivity index (χ3n) is 3.86. The SMILES string of the molecule is Cc1ccc(C(=S)c2ccc3n2CCC3C(=O)O)cc1. The van der Waals surface area contributed by atoms with Crippen molar-refractivity contribution < 1.29 is 9.90 Å². The van der Waals surface area contributed by atoms with E-state index in [1.807, 2.05) is 47.9 Å². The monoisotopic (exact) mass is 285 g/mol. The second kappa shape index (κ2) is 4.87. The molecule has 4 heteroatoms. The largest absolute Gasteiger partial charge is 0.481 e. The molecule has 0 bridgehead atoms. The van der Waals surface area contributed by atoms with E-state index in [1.165, 1.54) is 5.56 Å². The highest BCUT2D eigenvalue weighted by molar-refractivity contribution is 7.81. The van der Waals surface area contributed by atoms with Gasteiger partial charge in [0.05, 0.1) is 16.5 Å². The van der Waals surface area contributed by atoms with Crippen LogP contribution in [0.5, 0.6) is 0 Å². The lowest BCUT2D eigenvalue weighted by molar-refractivity contribution is -0.138. The van der Waals surface area contributed by atoms with E-state index in [1.54, 1.807) is 0 Å². The van der Waals surface area contributed by atoms with Crippen LogP contribution in [0.3, 0.4) is 0 Å². The summed E-state index contributed by atoms with van der Waals surface area (Å²) in [4.78, 5) is 12.0. The second-order valence-corrected chi connectivity index (χ2v) is 5.58. The number of carbonyl (C=O) groups is 1. The summed E-state index contributed by atoms with van der Waals surface area (Å²) in [5.74, 6) is -1.15. The maximum absolute atomic E-state index is 11.2. The van der Waals surface area contributed by atoms with E-state index in [2.05, 4.69) is 0 Å². The molecule has 0 radical (unpaired) electrons. The molecule has 1 N–H and O–H groups in total. The molecule has 0 saturated heterocycles. The lowest BCUT2D eigenvalue weighted by Gasteiger charge is -2.08. The van der Waals surface area contributed by atoms with Gasteiger partial charge in [-0.15, -0.1) is 0 Å². The lowest BCUT2D eigenvalue weighted by Crippen LogP contribution is -2.09. The number of aryl methyl sites for hydroxylation is 1. The molecule has 20 heavy (non-hydrogen) atoms. The Morgan fingerprint density at radius 1 is 1.25 bits per heavy atom. The van der Waals surface area contributed by atoms with Crippen molar-refractivity contribution in [2.24, 2.45) is 0 Å². The number of nitrogens with zero attached hydrogens (tertiary/aromatic N) is 1. The molecule has 0 amide bonds. The summed E-state index contributed by atoms with van der Waals surface area (Å²) in [5, 5.41) is 9.21. The van der Waals surface area contributed by atoms with Crippen LogP contribution in [-0.2, 0) is 11.3 Å². The molecule has 1 aliphatic rings. The Morgan fingerprint density at radius 3 is 2.60 bits per heavy atom. The van der Waals surface area contributed by atoms with Crippen molar-refractivity contribution in [2.75, 3.05) is 0 Å². The van der Waals surface area contributed by atoms with Gasteiger partial charge in [0.1, 0.15) is 0 Å². The number of rotatable bonds is 3. The average molecular weight is 285 g/mol. The van der Waals surface area contributed by atoms with Crippen LogP contribution in [0, 0.1) is 6.92 Å². The van der Waals surface area contributed by atoms with Crippen molar-refractivity contribution in [3.8, 4) is 0 Å². The Kier molecular flexibility index (Phi) is 3.18. The first kappa shape index (κ1) is 13.1. The zero-order chi connectivity index (χ0) is 14.3. The first-order valence-electron chi connectivity index (χ1n) is 6.61. The summed E-state index contributed by atoms with van der Waals surface area (Å²) < 4.78 is 2.04. The van der Waals surface area contributed by atoms with Gasteiger partial charge in [-0.1, -0.05) is 42.0 Å². The van der Waals surface area contributed by atoms with E-state index in [0.717, 1.165) is 28.4 Å². The summed E-state index contributed by atoms with van der Waals surface area (Å²) in [7, 11) is 0. The normalized spacial score (nSPS) is 16.9. The number of aliphatic carboxylic acids is 1. The van der Waals surface area contributed by atoms with E-state index in [0.29, 0.717) is 6.42 Å². The van der Waals surface area contributed by atoms with Crippen LogP contribution in [0.15, 0.2) is 36.4 Å². The fraction of sp³-hybridized carbons (Fsp3) is 0.250. The van der Waals surface area contributed by atoms with E-state index >= 15 is 0 Å². The van der Waals surface area contributed by atoms with Crippen molar-refractivity contribution in [3.05, 3.63) is 58.9 Å². The number of carboxylic acid groups (broad SMARTS) is 1. The Morgan fingerprint density at radius 2 is 1.95 bits per heavy atom. The predicted molar refractivity (Wildman–Crippen MR) is 81.4 cm³/mol. The molecule has 1 aliphatic heterocycles. The molecule has 3 rings (SSSR count). The molecule has 0 aliphatic carbocycles. The maximum Gasteiger partial charge on any atom is 0.312 e. The molecule has 0 spiro atoms. The standard InChI is InChI=1S/C16H15NO2S/c1-10-2-4-11(5-3-10)15(20)14-7-6-13-12(16(18)19)8-9-17(13)14/h2-7,12H,8-9H2,1H3,(H,18,19). The zero-order valence-electron chi connectivity index (χ0n) is 11.2. The third-order valence-corrected chi connectivity index (χ3v) is 4.30. The average Bonchev–Trinajstić information content (AvgIpc) is 2.99. The van der Waals surface area contributed by atoms with Crippen molar-refractivity contribution in [2.45, 2.75) is 25.8 Å². The van der Waals surface area contributed by atoms with Crippen LogP contribution < -0.4 is 0 Å². The Hall–Kier alpha value is -1.94. The van der Waals surface area contributed by atoms with Crippen molar-refractivity contribution in [3.63, 3.8) is 0 Å². The van der Waals surface area contributed by atoms with Crippen molar-refractivity contribution in [1.82, 2.24) is 4.57 Å². The Balaban J connectivity index is 1.97. The summed E-state index contributed by atoms with van der Waals surface area (Å²) in [5.41, 5.74) is 4.01. The van der Waals surface area contributed by atoms with Crippen LogP contribution in [0.1, 0.15) is 34.9 Å². The minimum absolute atomic E-state index is 0.399. The van der Waals surface area contributed by atoms with Gasteiger partial charge in [-0.25, -0.2) is 0 Å². The summed E-state index contributed by atoms with van der Waals surface area (Å²) in [6, 6.07) is 11.9. The summed E-state index contributed by atoms with van der Waals surface area (Å²) >= 11 is 5.56. The van der Waals surface area contributed by atoms with Gasteiger partial charge in [-0.3, -0.25) is 4.79 Å². The van der Waals surface area contributed by atoms with Gasteiger partial charge in [-0.2, -0.15) is 0 Å². The molecule has 1 unspecified atom stereocenters. The molecule has 0 fully saturated rings. The zero-order valence-corrected chi connectivity index (χ0v) is 12.0. The quantitative estimate of drug-likeness (QED) is 0.696. The van der Waals surface area contributed by atoms with Crippen LogP contribution in [-0.4, -0.2) is 20.5 Å². The molecule has 2 heterocycles. The Labute approximate surface area is 122 Å². The minimum atomic E-state index is -0.755. The first-order chi connectivity index (χ1) is 9.58. The number of hydrogen-bond donors (Lipinski definition) is 1. The van der Waals surface area contributed by atoms with Crippen LogP contribution in [0.25, 0.3) is 0 Å². The van der Waals surface area contributed by atoms with E-state index in [4.69, 9.17) is 12.2 Å². The third kappa shape index (κ3) is 2.06. The summed E-state index contributed by atoms with van der Waals surface area (Å²) in [6.07, 6.45) is 0.648. The smallest absolute Gasteiger partial charge is 0.312 e. The molecule has 0 saturated carbocycles. The van der Waals surface area contributed by atoms with Gasteiger partial charge in [0, 0.05) is 12.2 Å². The molecular formula is C16H15NO2S. The van der Waals surface area contributed by atoms with Gasteiger partial charge in [0.25, 0.3) is 0 Å². The van der Waals surface area contributed by atoms with Gasteiger partial charge in [0.2, 0.25) is 0 Å². The number of aromatic nitrogens is 1. The minimum Gasteiger partial charge on any atom is -0.481 e. The predicted octanol–water partition coefficient (Wildman–Crippen LogP) is 3.13. The van der Waals surface area contributed by atoms with Gasteiger partial charge < -0.3 is 9.67 Å². The second-order valence-electron chi connectivity index (χ2n) is 5.17. The first-order valence-corrected chi connectivity index (χ1v) is 7.02. The maximum atomic E-state index is 11.2. The highest BCUT2D eigenvalue weighted by atomic mass is 32.1. The number of carboxylic acids is 1. The van der Waals surface area contributed by atoms with Gasteiger partial charge in [0.15, 0.2) is 0 Å². The lowest BCUT2D eigenvalue weighted by atomic mass is 10.1. The molecule has 102 valence electrons. The van der Waals surface area contributed by atoms with Crippen LogP contribution in [0.2, 0.25) is 0 Å². The molecular weight excluding hydrogens is 270 g/mol. The number of hydrogen-bond acceptors (Lipinski definition) is 2. The fourth-order valence-corrected chi connectivity index (χ4v) is 3.06. The topological polar surface area (TPSA) is 42.2 Å². The summed E-state index contributed by atoms with van der Waals surface area (Å²) in [6.45, 7) is 2.76. The van der Waals surface area contributed by atoms with E-state index < -0.39 is 11.9 Å². The highest BCUT2D eigenvalue weighted by Gasteiger charge is 2.30. The van der Waals surface area contributed by atoms with Crippen LogP contribution in [0.4, 0.5) is 0 Å². The number of fused-ring (bicyclic) bond motifs is 1. The highest BCUT2D eigenvalue weighted by Crippen LogP contribution is 2.31.